The molecule has 0 fully saturated rings. The minimum atomic E-state index is -0.389. The first kappa shape index (κ1) is 12.1. The predicted octanol–water partition coefficient (Wildman–Crippen LogP) is 2.24. The fourth-order valence-electron chi connectivity index (χ4n) is 0.981. The lowest BCUT2D eigenvalue weighted by atomic mass is 10.1. The van der Waals surface area contributed by atoms with Gasteiger partial charge in [-0.05, 0) is 39.7 Å². The van der Waals surface area contributed by atoms with E-state index >= 15 is 0 Å². The number of aliphatic hydroxyl groups is 1. The lowest BCUT2D eigenvalue weighted by Crippen LogP contribution is -1.99. The van der Waals surface area contributed by atoms with Crippen LogP contribution in [0.1, 0.15) is 33.6 Å². The molecule has 1 N–H and O–H groups in total. The Kier molecular flexibility index (Phi) is 6.15. The molecule has 0 unspecified atom stereocenters. The summed E-state index contributed by atoms with van der Waals surface area (Å²) in [6.07, 6.45) is 5.50. The molecule has 0 radical (unpaired) electrons. The number of allylic oxidation sites excluding steroid dienone is 3. The molecule has 0 aliphatic rings. The Morgan fingerprint density at radius 1 is 1.31 bits per heavy atom. The van der Waals surface area contributed by atoms with Gasteiger partial charge in [0.25, 0.3) is 0 Å². The van der Waals surface area contributed by atoms with Crippen molar-refractivity contribution in [2.24, 2.45) is 0 Å². The summed E-state index contributed by atoms with van der Waals surface area (Å²) in [4.78, 5) is 10.8. The van der Waals surface area contributed by atoms with E-state index in [9.17, 15) is 4.79 Å². The predicted molar refractivity (Wildman–Crippen MR) is 54.5 cm³/mol. The normalized spacial score (nSPS) is 11.2. The molecule has 2 nitrogen and oxygen atoms in total. The molecule has 0 bridgehead atoms. The number of carbonyl (C=O) groups excluding carboxylic acids is 1. The van der Waals surface area contributed by atoms with Gasteiger partial charge in [-0.1, -0.05) is 17.2 Å². The zero-order chi connectivity index (χ0) is 10.3. The zero-order valence-corrected chi connectivity index (χ0v) is 8.63. The summed E-state index contributed by atoms with van der Waals surface area (Å²) in [7, 11) is 0. The number of hydrogen-bond donors (Lipinski definition) is 1. The van der Waals surface area contributed by atoms with E-state index in [0.717, 1.165) is 18.4 Å². The van der Waals surface area contributed by atoms with Crippen LogP contribution in [-0.4, -0.2) is 17.5 Å². The number of rotatable bonds is 5. The lowest BCUT2D eigenvalue weighted by Gasteiger charge is -1.97. The molecule has 0 aromatic carbocycles. The molecule has 0 saturated heterocycles. The number of hydrogen-bond acceptors (Lipinski definition) is 2. The fourth-order valence-corrected chi connectivity index (χ4v) is 0.981. The minimum absolute atomic E-state index is 0.213. The van der Waals surface area contributed by atoms with Crippen molar-refractivity contribution in [3.8, 4) is 0 Å². The molecule has 13 heavy (non-hydrogen) atoms. The van der Waals surface area contributed by atoms with Crippen molar-refractivity contribution >= 4 is 5.78 Å². The number of carbonyl (C=O) groups is 1. The Hall–Kier alpha value is -0.890. The van der Waals surface area contributed by atoms with Gasteiger partial charge in [-0.2, -0.15) is 0 Å². The first-order valence-electron chi connectivity index (χ1n) is 4.50. The van der Waals surface area contributed by atoms with Gasteiger partial charge in [0.2, 0.25) is 0 Å². The molecule has 74 valence electrons. The molecular formula is C11H18O2. The summed E-state index contributed by atoms with van der Waals surface area (Å²) < 4.78 is 0. The van der Waals surface area contributed by atoms with Crippen LogP contribution in [0.2, 0.25) is 0 Å². The van der Waals surface area contributed by atoms with Gasteiger partial charge < -0.3 is 5.11 Å². The van der Waals surface area contributed by atoms with Crippen LogP contribution in [0.25, 0.3) is 0 Å². The minimum Gasteiger partial charge on any atom is -0.388 e. The van der Waals surface area contributed by atoms with Crippen LogP contribution in [0.3, 0.4) is 0 Å². The van der Waals surface area contributed by atoms with E-state index in [2.05, 4.69) is 19.9 Å². The van der Waals surface area contributed by atoms with Gasteiger partial charge in [0.15, 0.2) is 5.78 Å². The third kappa shape index (κ3) is 7.47. The molecule has 2 heteroatoms. The lowest BCUT2D eigenvalue weighted by molar-refractivity contribution is -0.117. The van der Waals surface area contributed by atoms with Crippen LogP contribution in [0.15, 0.2) is 23.3 Å². The van der Waals surface area contributed by atoms with Crippen molar-refractivity contribution in [2.75, 3.05) is 6.61 Å². The van der Waals surface area contributed by atoms with E-state index in [1.165, 1.54) is 11.6 Å². The maximum Gasteiger partial charge on any atom is 0.180 e. The van der Waals surface area contributed by atoms with Crippen molar-refractivity contribution in [2.45, 2.75) is 33.6 Å². The third-order valence-corrected chi connectivity index (χ3v) is 1.65. The fraction of sp³-hybridized carbons (Fsp3) is 0.545. The summed E-state index contributed by atoms with van der Waals surface area (Å²) in [5.74, 6) is -0.213. The highest BCUT2D eigenvalue weighted by Gasteiger charge is 1.95. The SMILES string of the molecule is CC(C)=CCC/C(C)=C/C(=O)CO. The molecule has 0 saturated carbocycles. The standard InChI is InChI=1S/C11H18O2/c1-9(2)5-4-6-10(3)7-11(13)8-12/h5,7,12H,4,6,8H2,1-3H3/b10-7+. The average molecular weight is 182 g/mol. The van der Waals surface area contributed by atoms with Gasteiger partial charge in [-0.3, -0.25) is 4.79 Å². The van der Waals surface area contributed by atoms with E-state index in [0.29, 0.717) is 0 Å². The Labute approximate surface area is 80.0 Å². The van der Waals surface area contributed by atoms with Crippen molar-refractivity contribution in [1.82, 2.24) is 0 Å². The van der Waals surface area contributed by atoms with Crippen LogP contribution in [0, 0.1) is 0 Å². The van der Waals surface area contributed by atoms with E-state index in [4.69, 9.17) is 5.11 Å². The first-order valence-corrected chi connectivity index (χ1v) is 4.50. The van der Waals surface area contributed by atoms with Gasteiger partial charge in [-0.25, -0.2) is 0 Å². The summed E-state index contributed by atoms with van der Waals surface area (Å²) in [5, 5.41) is 8.49. The second-order valence-corrected chi connectivity index (χ2v) is 3.44. The van der Waals surface area contributed by atoms with E-state index in [1.54, 1.807) is 0 Å². The first-order chi connectivity index (χ1) is 6.06. The Morgan fingerprint density at radius 2 is 1.92 bits per heavy atom. The molecule has 0 aliphatic carbocycles. The Bertz CT molecular complexity index is 220. The van der Waals surface area contributed by atoms with Gasteiger partial charge in [-0.15, -0.1) is 0 Å². The van der Waals surface area contributed by atoms with Gasteiger partial charge in [0, 0.05) is 0 Å². The molecule has 0 atom stereocenters. The molecular weight excluding hydrogens is 164 g/mol. The molecule has 0 aliphatic heterocycles. The van der Waals surface area contributed by atoms with Crippen molar-refractivity contribution < 1.29 is 9.90 Å². The summed E-state index contributed by atoms with van der Waals surface area (Å²) in [6, 6.07) is 0. The maximum absolute atomic E-state index is 10.8. The molecule has 0 spiro atoms. The Morgan fingerprint density at radius 3 is 2.38 bits per heavy atom. The summed E-state index contributed by atoms with van der Waals surface area (Å²) in [6.45, 7) is 5.63. The molecule has 0 amide bonds. The van der Waals surface area contributed by atoms with Gasteiger partial charge in [0.1, 0.15) is 6.61 Å². The van der Waals surface area contributed by atoms with Crippen molar-refractivity contribution in [1.29, 1.82) is 0 Å². The molecule has 0 aromatic rings. The summed E-state index contributed by atoms with van der Waals surface area (Å²) >= 11 is 0. The van der Waals surface area contributed by atoms with Gasteiger partial charge in [0.05, 0.1) is 0 Å². The number of aliphatic hydroxyl groups excluding tert-OH is 1. The molecule has 0 heterocycles. The van der Waals surface area contributed by atoms with E-state index in [-0.39, 0.29) is 12.4 Å². The van der Waals surface area contributed by atoms with Gasteiger partial charge >= 0.3 is 0 Å². The van der Waals surface area contributed by atoms with Crippen molar-refractivity contribution in [3.63, 3.8) is 0 Å². The quantitative estimate of drug-likeness (QED) is 0.523. The highest BCUT2D eigenvalue weighted by atomic mass is 16.3. The number of ketones is 1. The zero-order valence-electron chi connectivity index (χ0n) is 8.63. The largest absolute Gasteiger partial charge is 0.388 e. The molecule has 0 aromatic heterocycles. The van der Waals surface area contributed by atoms with Crippen LogP contribution in [-0.2, 0) is 4.79 Å². The van der Waals surface area contributed by atoms with Crippen LogP contribution in [0.4, 0.5) is 0 Å². The van der Waals surface area contributed by atoms with Crippen LogP contribution < -0.4 is 0 Å². The van der Waals surface area contributed by atoms with Crippen LogP contribution in [0.5, 0.6) is 0 Å². The average Bonchev–Trinajstić information content (AvgIpc) is 2.03. The topological polar surface area (TPSA) is 37.3 Å². The molecule has 0 rings (SSSR count). The smallest absolute Gasteiger partial charge is 0.180 e. The van der Waals surface area contributed by atoms with Crippen molar-refractivity contribution in [3.05, 3.63) is 23.3 Å². The monoisotopic (exact) mass is 182 g/mol. The highest BCUT2D eigenvalue weighted by molar-refractivity contribution is 5.91. The second-order valence-electron chi connectivity index (χ2n) is 3.44. The van der Waals surface area contributed by atoms with E-state index in [1.807, 2.05) is 6.92 Å². The highest BCUT2D eigenvalue weighted by Crippen LogP contribution is 2.06. The summed E-state index contributed by atoms with van der Waals surface area (Å²) in [5.41, 5.74) is 2.32. The van der Waals surface area contributed by atoms with E-state index < -0.39 is 0 Å². The Balaban J connectivity index is 3.87. The second kappa shape index (κ2) is 6.61. The maximum atomic E-state index is 10.8. The van der Waals surface area contributed by atoms with Crippen LogP contribution >= 0.6 is 0 Å². The third-order valence-electron chi connectivity index (χ3n) is 1.65.